The number of anilines is 1. The van der Waals surface area contributed by atoms with Gasteiger partial charge in [0, 0.05) is 35.9 Å². The summed E-state index contributed by atoms with van der Waals surface area (Å²) in [4.78, 5) is 16.5. The molecule has 1 aromatic heterocycles. The minimum Gasteiger partial charge on any atom is -0.325 e. The predicted octanol–water partition coefficient (Wildman–Crippen LogP) is 3.11. The van der Waals surface area contributed by atoms with E-state index in [2.05, 4.69) is 10.3 Å². The second kappa shape index (κ2) is 7.46. The summed E-state index contributed by atoms with van der Waals surface area (Å²) in [6.07, 6.45) is 3.16. The number of likely N-dealkylation sites (N-methyl/N-ethyl adjacent to an activating group) is 1. The second-order valence-electron chi connectivity index (χ2n) is 6.54. The first kappa shape index (κ1) is 19.0. The lowest BCUT2D eigenvalue weighted by Crippen LogP contribution is -2.35. The third-order valence-electron chi connectivity index (χ3n) is 4.20. The van der Waals surface area contributed by atoms with Gasteiger partial charge in [0.1, 0.15) is 0 Å². The van der Waals surface area contributed by atoms with E-state index in [0.29, 0.717) is 11.1 Å². The van der Waals surface area contributed by atoms with Gasteiger partial charge in [0.15, 0.2) is 0 Å². The molecule has 0 radical (unpaired) electrons. The predicted molar refractivity (Wildman–Crippen MR) is 106 cm³/mol. The third kappa shape index (κ3) is 4.15. The largest absolute Gasteiger partial charge is 0.325 e. The molecular weight excluding hydrogens is 362 g/mol. The molecule has 1 amide bonds. The molecule has 0 saturated heterocycles. The van der Waals surface area contributed by atoms with Gasteiger partial charge in [-0.3, -0.25) is 9.78 Å². The Morgan fingerprint density at radius 1 is 1.11 bits per heavy atom. The summed E-state index contributed by atoms with van der Waals surface area (Å²) in [5.74, 6) is -0.395. The van der Waals surface area contributed by atoms with E-state index >= 15 is 0 Å². The van der Waals surface area contributed by atoms with Crippen molar-refractivity contribution in [1.82, 2.24) is 9.29 Å². The van der Waals surface area contributed by atoms with E-state index in [1.54, 1.807) is 30.6 Å². The molecule has 27 heavy (non-hydrogen) atoms. The number of amides is 1. The molecule has 0 bridgehead atoms. The van der Waals surface area contributed by atoms with Crippen LogP contribution in [0.15, 0.2) is 59.8 Å². The van der Waals surface area contributed by atoms with Crippen LogP contribution >= 0.6 is 0 Å². The summed E-state index contributed by atoms with van der Waals surface area (Å²) < 4.78 is 27.0. The number of carbonyl (C=O) groups excluding carboxylic acids is 1. The fourth-order valence-corrected chi connectivity index (χ4v) is 4.36. The minimum absolute atomic E-state index is 0.157. The van der Waals surface area contributed by atoms with E-state index in [-0.39, 0.29) is 11.4 Å². The van der Waals surface area contributed by atoms with E-state index in [1.807, 2.05) is 32.0 Å². The van der Waals surface area contributed by atoms with Gasteiger partial charge in [0.2, 0.25) is 15.9 Å². The van der Waals surface area contributed by atoms with Gasteiger partial charge in [-0.15, -0.1) is 0 Å². The van der Waals surface area contributed by atoms with Gasteiger partial charge >= 0.3 is 0 Å². The minimum atomic E-state index is -3.82. The van der Waals surface area contributed by atoms with Crippen LogP contribution in [-0.4, -0.2) is 37.2 Å². The van der Waals surface area contributed by atoms with Crippen LogP contribution in [0, 0.1) is 13.8 Å². The SMILES string of the molecule is Cc1cc(C)cc(NC(=O)CN(C)S(=O)(=O)c2cccc3cnccc23)c1. The van der Waals surface area contributed by atoms with Crippen LogP contribution in [0.25, 0.3) is 10.8 Å². The maximum absolute atomic E-state index is 13.0. The lowest BCUT2D eigenvalue weighted by atomic mass is 10.1. The van der Waals surface area contributed by atoms with Crippen LogP contribution in [0.3, 0.4) is 0 Å². The van der Waals surface area contributed by atoms with Gasteiger partial charge < -0.3 is 5.32 Å². The highest BCUT2D eigenvalue weighted by atomic mass is 32.2. The number of nitrogens with one attached hydrogen (secondary N) is 1. The lowest BCUT2D eigenvalue weighted by Gasteiger charge is -2.18. The number of hydrogen-bond acceptors (Lipinski definition) is 4. The molecule has 2 aromatic carbocycles. The van der Waals surface area contributed by atoms with E-state index in [1.165, 1.54) is 13.1 Å². The first-order valence-electron chi connectivity index (χ1n) is 8.44. The number of rotatable bonds is 5. The summed E-state index contributed by atoms with van der Waals surface area (Å²) >= 11 is 0. The van der Waals surface area contributed by atoms with Crippen LogP contribution in [0.5, 0.6) is 0 Å². The molecule has 0 aliphatic rings. The van der Waals surface area contributed by atoms with Crippen molar-refractivity contribution in [2.75, 3.05) is 18.9 Å². The Morgan fingerprint density at radius 2 is 1.81 bits per heavy atom. The van der Waals surface area contributed by atoms with Crippen LogP contribution in [0.1, 0.15) is 11.1 Å². The number of aromatic nitrogens is 1. The Labute approximate surface area is 158 Å². The molecular formula is C20H21N3O3S. The van der Waals surface area contributed by atoms with Crippen molar-refractivity contribution in [1.29, 1.82) is 0 Å². The molecule has 3 aromatic rings. The highest BCUT2D eigenvalue weighted by Crippen LogP contribution is 2.24. The van der Waals surface area contributed by atoms with E-state index < -0.39 is 15.9 Å². The molecule has 0 unspecified atom stereocenters. The van der Waals surface area contributed by atoms with Crippen LogP contribution < -0.4 is 5.32 Å². The zero-order valence-electron chi connectivity index (χ0n) is 15.4. The fraction of sp³-hybridized carbons (Fsp3) is 0.200. The summed E-state index contributed by atoms with van der Waals surface area (Å²) in [5.41, 5.74) is 2.70. The molecule has 0 atom stereocenters. The first-order valence-corrected chi connectivity index (χ1v) is 9.88. The first-order chi connectivity index (χ1) is 12.8. The Balaban J connectivity index is 1.81. The highest BCUT2D eigenvalue weighted by Gasteiger charge is 2.25. The summed E-state index contributed by atoms with van der Waals surface area (Å²) in [5, 5.41) is 4.07. The third-order valence-corrected chi connectivity index (χ3v) is 6.06. The average molecular weight is 383 g/mol. The van der Waals surface area contributed by atoms with Gasteiger partial charge in [-0.05, 0) is 49.2 Å². The van der Waals surface area contributed by atoms with Gasteiger partial charge in [0.05, 0.1) is 11.4 Å². The molecule has 0 aliphatic carbocycles. The van der Waals surface area contributed by atoms with Gasteiger partial charge in [-0.1, -0.05) is 18.2 Å². The van der Waals surface area contributed by atoms with Crippen LogP contribution in [0.4, 0.5) is 5.69 Å². The van der Waals surface area contributed by atoms with E-state index in [4.69, 9.17) is 0 Å². The number of nitrogens with zero attached hydrogens (tertiary/aromatic N) is 2. The highest BCUT2D eigenvalue weighted by molar-refractivity contribution is 7.89. The topological polar surface area (TPSA) is 79.4 Å². The maximum Gasteiger partial charge on any atom is 0.243 e. The van der Waals surface area contributed by atoms with Gasteiger partial charge in [-0.25, -0.2) is 8.42 Å². The normalized spacial score (nSPS) is 11.7. The number of hydrogen-bond donors (Lipinski definition) is 1. The maximum atomic E-state index is 13.0. The molecule has 3 rings (SSSR count). The molecule has 7 heteroatoms. The Bertz CT molecular complexity index is 1080. The summed E-state index contributed by atoms with van der Waals surface area (Å²) in [7, 11) is -2.43. The standard InChI is InChI=1S/C20H21N3O3S/c1-14-9-15(2)11-17(10-14)22-20(24)13-23(3)27(25,26)19-6-4-5-16-12-21-8-7-18(16)19/h4-12H,13H2,1-3H3,(H,22,24). The van der Waals surface area contributed by atoms with Crippen molar-refractivity contribution in [3.63, 3.8) is 0 Å². The smallest absolute Gasteiger partial charge is 0.243 e. The Morgan fingerprint density at radius 3 is 2.52 bits per heavy atom. The van der Waals surface area contributed by atoms with Crippen molar-refractivity contribution in [3.05, 3.63) is 66.0 Å². The fourth-order valence-electron chi connectivity index (χ4n) is 3.02. The molecule has 0 spiro atoms. The average Bonchev–Trinajstić information content (AvgIpc) is 2.60. The number of pyridine rings is 1. The Hall–Kier alpha value is -2.77. The molecule has 140 valence electrons. The Kier molecular flexibility index (Phi) is 5.25. The molecule has 1 heterocycles. The molecule has 1 N–H and O–H groups in total. The number of benzene rings is 2. The van der Waals surface area contributed by atoms with E-state index in [9.17, 15) is 13.2 Å². The van der Waals surface area contributed by atoms with Crippen molar-refractivity contribution < 1.29 is 13.2 Å². The van der Waals surface area contributed by atoms with E-state index in [0.717, 1.165) is 20.8 Å². The molecule has 6 nitrogen and oxygen atoms in total. The van der Waals surface area contributed by atoms with Crippen molar-refractivity contribution in [2.24, 2.45) is 0 Å². The van der Waals surface area contributed by atoms with Crippen molar-refractivity contribution in [2.45, 2.75) is 18.7 Å². The summed E-state index contributed by atoms with van der Waals surface area (Å²) in [6.45, 7) is 3.60. The number of aryl methyl sites for hydroxylation is 2. The zero-order valence-corrected chi connectivity index (χ0v) is 16.2. The zero-order chi connectivity index (χ0) is 19.6. The summed E-state index contributed by atoms with van der Waals surface area (Å²) in [6, 6.07) is 12.4. The van der Waals surface area contributed by atoms with Crippen LogP contribution in [0.2, 0.25) is 0 Å². The number of fused-ring (bicyclic) bond motifs is 1. The van der Waals surface area contributed by atoms with Crippen molar-refractivity contribution >= 4 is 32.4 Å². The monoisotopic (exact) mass is 383 g/mol. The number of carbonyl (C=O) groups is 1. The quantitative estimate of drug-likeness (QED) is 0.734. The number of sulfonamides is 1. The second-order valence-corrected chi connectivity index (χ2v) is 8.55. The van der Waals surface area contributed by atoms with Crippen LogP contribution in [-0.2, 0) is 14.8 Å². The van der Waals surface area contributed by atoms with Gasteiger partial charge in [0.25, 0.3) is 0 Å². The molecule has 0 saturated carbocycles. The van der Waals surface area contributed by atoms with Crippen molar-refractivity contribution in [3.8, 4) is 0 Å². The van der Waals surface area contributed by atoms with Gasteiger partial charge in [-0.2, -0.15) is 4.31 Å². The molecule has 0 aliphatic heterocycles. The molecule has 0 fully saturated rings. The lowest BCUT2D eigenvalue weighted by molar-refractivity contribution is -0.116.